The fourth-order valence-electron chi connectivity index (χ4n) is 2.46. The number of amides is 1. The van der Waals surface area contributed by atoms with Crippen molar-refractivity contribution in [2.75, 3.05) is 24.4 Å². The molecule has 1 amide bonds. The molecule has 0 saturated carbocycles. The molecule has 28 heavy (non-hydrogen) atoms. The molecule has 0 spiro atoms. The highest BCUT2D eigenvalue weighted by Crippen LogP contribution is 2.30. The SMILES string of the molecule is COc1ccc(Cl)cc1Nc1ccc(NC(=O)CCOc2ccccc2)nc1. The maximum absolute atomic E-state index is 12.0. The van der Waals surface area contributed by atoms with Crippen LogP contribution in [0.1, 0.15) is 6.42 Å². The van der Waals surface area contributed by atoms with Gasteiger partial charge in [-0.2, -0.15) is 0 Å². The Hall–Kier alpha value is -3.25. The topological polar surface area (TPSA) is 72.5 Å². The summed E-state index contributed by atoms with van der Waals surface area (Å²) in [4.78, 5) is 16.3. The number of anilines is 3. The maximum Gasteiger partial charge on any atom is 0.228 e. The number of rotatable bonds is 8. The standard InChI is InChI=1S/C21H20ClN3O3/c1-27-19-9-7-15(22)13-18(19)24-16-8-10-20(23-14-16)25-21(26)11-12-28-17-5-3-2-4-6-17/h2-10,13-14,24H,11-12H2,1H3,(H,23,25,26). The lowest BCUT2D eigenvalue weighted by atomic mass is 10.2. The summed E-state index contributed by atoms with van der Waals surface area (Å²) in [6, 6.07) is 18.2. The summed E-state index contributed by atoms with van der Waals surface area (Å²) >= 11 is 6.03. The molecule has 7 heteroatoms. The van der Waals surface area contributed by atoms with Crippen molar-refractivity contribution in [3.05, 3.63) is 71.9 Å². The second-order valence-corrected chi connectivity index (χ2v) is 6.30. The molecular weight excluding hydrogens is 378 g/mol. The molecule has 144 valence electrons. The molecule has 0 bridgehead atoms. The molecule has 1 aromatic heterocycles. The molecule has 0 aliphatic carbocycles. The van der Waals surface area contributed by atoms with Crippen molar-refractivity contribution in [1.82, 2.24) is 4.98 Å². The van der Waals surface area contributed by atoms with Crippen LogP contribution < -0.4 is 20.1 Å². The molecule has 0 radical (unpaired) electrons. The molecule has 6 nitrogen and oxygen atoms in total. The van der Waals surface area contributed by atoms with E-state index in [9.17, 15) is 4.79 Å². The normalized spacial score (nSPS) is 10.2. The van der Waals surface area contributed by atoms with Gasteiger partial charge in [-0.25, -0.2) is 4.98 Å². The summed E-state index contributed by atoms with van der Waals surface area (Å²) < 4.78 is 10.8. The van der Waals surface area contributed by atoms with Crippen LogP contribution >= 0.6 is 11.6 Å². The third-order valence-corrected chi connectivity index (χ3v) is 4.05. The summed E-state index contributed by atoms with van der Waals surface area (Å²) in [5.41, 5.74) is 1.47. The first-order valence-corrected chi connectivity index (χ1v) is 9.06. The monoisotopic (exact) mass is 397 g/mol. The zero-order valence-electron chi connectivity index (χ0n) is 15.3. The van der Waals surface area contributed by atoms with Gasteiger partial charge in [0.2, 0.25) is 5.91 Å². The minimum absolute atomic E-state index is 0.166. The van der Waals surface area contributed by atoms with E-state index in [1.54, 1.807) is 37.6 Å². The minimum Gasteiger partial charge on any atom is -0.495 e. The van der Waals surface area contributed by atoms with Crippen LogP contribution in [0.3, 0.4) is 0 Å². The zero-order valence-corrected chi connectivity index (χ0v) is 16.1. The van der Waals surface area contributed by atoms with Gasteiger partial charge in [-0.05, 0) is 42.5 Å². The number of hydrogen-bond donors (Lipinski definition) is 2. The van der Waals surface area contributed by atoms with Crippen LogP contribution in [-0.2, 0) is 4.79 Å². The van der Waals surface area contributed by atoms with Gasteiger partial charge in [0.1, 0.15) is 17.3 Å². The van der Waals surface area contributed by atoms with E-state index in [1.807, 2.05) is 36.4 Å². The smallest absolute Gasteiger partial charge is 0.228 e. The summed E-state index contributed by atoms with van der Waals surface area (Å²) in [6.07, 6.45) is 1.85. The van der Waals surface area contributed by atoms with Gasteiger partial charge in [-0.15, -0.1) is 0 Å². The highest BCUT2D eigenvalue weighted by Gasteiger charge is 2.07. The van der Waals surface area contributed by atoms with Gasteiger partial charge in [0.05, 0.1) is 37.7 Å². The van der Waals surface area contributed by atoms with Crippen molar-refractivity contribution in [3.8, 4) is 11.5 Å². The lowest BCUT2D eigenvalue weighted by Gasteiger charge is -2.12. The van der Waals surface area contributed by atoms with Crippen LogP contribution in [-0.4, -0.2) is 24.6 Å². The second kappa shape index (κ2) is 9.62. The Kier molecular flexibility index (Phi) is 6.70. The van der Waals surface area contributed by atoms with Crippen molar-refractivity contribution in [1.29, 1.82) is 0 Å². The third kappa shape index (κ3) is 5.62. The van der Waals surface area contributed by atoms with Crippen molar-refractivity contribution in [3.63, 3.8) is 0 Å². The van der Waals surface area contributed by atoms with Crippen LogP contribution in [0, 0.1) is 0 Å². The Labute approximate surface area is 168 Å². The molecule has 0 fully saturated rings. The second-order valence-electron chi connectivity index (χ2n) is 5.86. The number of para-hydroxylation sites is 1. The van der Waals surface area contributed by atoms with Crippen molar-refractivity contribution in [2.45, 2.75) is 6.42 Å². The van der Waals surface area contributed by atoms with Gasteiger partial charge in [-0.3, -0.25) is 4.79 Å². The molecule has 3 aromatic rings. The number of methoxy groups -OCH3 is 1. The number of benzene rings is 2. The molecule has 1 heterocycles. The van der Waals surface area contributed by atoms with Gasteiger partial charge in [0.15, 0.2) is 0 Å². The Bertz CT molecular complexity index is 918. The first kappa shape index (κ1) is 19.5. The van der Waals surface area contributed by atoms with Gasteiger partial charge in [0.25, 0.3) is 0 Å². The lowest BCUT2D eigenvalue weighted by molar-refractivity contribution is -0.116. The summed E-state index contributed by atoms with van der Waals surface area (Å²) in [5, 5.41) is 6.54. The number of pyridine rings is 1. The van der Waals surface area contributed by atoms with Crippen molar-refractivity contribution >= 4 is 34.7 Å². The zero-order chi connectivity index (χ0) is 19.8. The van der Waals surface area contributed by atoms with Crippen molar-refractivity contribution < 1.29 is 14.3 Å². The molecule has 0 aliphatic heterocycles. The number of aromatic nitrogens is 1. The third-order valence-electron chi connectivity index (χ3n) is 3.81. The Balaban J connectivity index is 1.51. The lowest BCUT2D eigenvalue weighted by Crippen LogP contribution is -2.16. The van der Waals surface area contributed by atoms with E-state index in [0.717, 1.165) is 17.1 Å². The molecule has 0 saturated heterocycles. The first-order valence-electron chi connectivity index (χ1n) is 8.68. The van der Waals surface area contributed by atoms with Crippen LogP contribution in [0.15, 0.2) is 66.9 Å². The molecule has 3 rings (SSSR count). The fraction of sp³-hybridized carbons (Fsp3) is 0.143. The highest BCUT2D eigenvalue weighted by atomic mass is 35.5. The number of hydrogen-bond acceptors (Lipinski definition) is 5. The predicted octanol–water partition coefficient (Wildman–Crippen LogP) is 4.89. The van der Waals surface area contributed by atoms with Crippen LogP contribution in [0.25, 0.3) is 0 Å². The first-order chi connectivity index (χ1) is 13.6. The quantitative estimate of drug-likeness (QED) is 0.566. The maximum atomic E-state index is 12.0. The van der Waals surface area contributed by atoms with Crippen LogP contribution in [0.2, 0.25) is 5.02 Å². The highest BCUT2D eigenvalue weighted by molar-refractivity contribution is 6.31. The number of halogens is 1. The fourth-order valence-corrected chi connectivity index (χ4v) is 2.63. The molecular formula is C21H20ClN3O3. The van der Waals surface area contributed by atoms with Crippen LogP contribution in [0.4, 0.5) is 17.2 Å². The average molecular weight is 398 g/mol. The molecule has 0 aliphatic rings. The number of carbonyl (C=O) groups excluding carboxylic acids is 1. The average Bonchev–Trinajstić information content (AvgIpc) is 2.70. The Morgan fingerprint density at radius 2 is 1.93 bits per heavy atom. The van der Waals surface area contributed by atoms with E-state index in [4.69, 9.17) is 21.1 Å². The molecule has 2 N–H and O–H groups in total. The van der Waals surface area contributed by atoms with Gasteiger partial charge < -0.3 is 20.1 Å². The molecule has 0 unspecified atom stereocenters. The van der Waals surface area contributed by atoms with E-state index in [2.05, 4.69) is 15.6 Å². The van der Waals surface area contributed by atoms with Gasteiger partial charge in [-0.1, -0.05) is 29.8 Å². The van der Waals surface area contributed by atoms with E-state index in [0.29, 0.717) is 23.2 Å². The van der Waals surface area contributed by atoms with Crippen LogP contribution in [0.5, 0.6) is 11.5 Å². The molecule has 0 atom stereocenters. The number of nitrogens with zero attached hydrogens (tertiary/aromatic N) is 1. The van der Waals surface area contributed by atoms with E-state index in [1.165, 1.54) is 0 Å². The Morgan fingerprint density at radius 1 is 1.11 bits per heavy atom. The number of carbonyl (C=O) groups is 1. The van der Waals surface area contributed by atoms with Gasteiger partial charge >= 0.3 is 0 Å². The molecule has 2 aromatic carbocycles. The largest absolute Gasteiger partial charge is 0.495 e. The minimum atomic E-state index is -0.166. The predicted molar refractivity (Wildman–Crippen MR) is 111 cm³/mol. The summed E-state index contributed by atoms with van der Waals surface area (Å²) in [6.45, 7) is 0.296. The summed E-state index contributed by atoms with van der Waals surface area (Å²) in [7, 11) is 1.59. The van der Waals surface area contributed by atoms with E-state index in [-0.39, 0.29) is 12.3 Å². The van der Waals surface area contributed by atoms with E-state index >= 15 is 0 Å². The summed E-state index contributed by atoms with van der Waals surface area (Å²) in [5.74, 6) is 1.70. The number of ether oxygens (including phenoxy) is 2. The Morgan fingerprint density at radius 3 is 2.64 bits per heavy atom. The van der Waals surface area contributed by atoms with Gasteiger partial charge in [0, 0.05) is 5.02 Å². The van der Waals surface area contributed by atoms with E-state index < -0.39 is 0 Å². The van der Waals surface area contributed by atoms with Crippen molar-refractivity contribution in [2.24, 2.45) is 0 Å². The number of nitrogens with one attached hydrogen (secondary N) is 2.